The SMILES string of the molecule is CB(F)n1c(/C(=C2\N=C(c3ccccc3)C(I)=C2c2ccccc2)c2c(C)cc(C)cc2C)c(-c2ccccc2)c(I)c1-c1ccccc1. The number of allylic oxidation sites excluding steroid dienone is 2. The Balaban J connectivity index is 1.73. The third-order valence-corrected chi connectivity index (χ3v) is 11.1. The maximum atomic E-state index is 16.7. The highest BCUT2D eigenvalue weighted by atomic mass is 127. The van der Waals surface area contributed by atoms with E-state index < -0.39 is 7.12 Å². The number of halogens is 3. The van der Waals surface area contributed by atoms with Gasteiger partial charge in [0.05, 0.1) is 22.8 Å². The first kappa shape index (κ1) is 33.5. The molecule has 0 atom stereocenters. The van der Waals surface area contributed by atoms with Crippen molar-refractivity contribution in [1.29, 1.82) is 0 Å². The van der Waals surface area contributed by atoms with Gasteiger partial charge in [-0.15, -0.1) is 0 Å². The van der Waals surface area contributed by atoms with Crippen LogP contribution in [-0.2, 0) is 0 Å². The summed E-state index contributed by atoms with van der Waals surface area (Å²) in [7, 11) is -1.33. The average molecular weight is 862 g/mol. The monoisotopic (exact) mass is 862 g/mol. The van der Waals surface area contributed by atoms with E-state index in [9.17, 15) is 0 Å². The van der Waals surface area contributed by atoms with Crippen LogP contribution in [0.1, 0.15) is 39.1 Å². The molecule has 0 amide bonds. The summed E-state index contributed by atoms with van der Waals surface area (Å²) in [6.07, 6.45) is 0. The van der Waals surface area contributed by atoms with Crippen molar-refractivity contribution >= 4 is 69.2 Å². The molecule has 6 aromatic rings. The smallest absolute Gasteiger partial charge is 0.354 e. The Morgan fingerprint density at radius 2 is 1.12 bits per heavy atom. The maximum Gasteiger partial charge on any atom is 0.462 e. The van der Waals surface area contributed by atoms with Gasteiger partial charge in [0, 0.05) is 29.4 Å². The predicted molar refractivity (Wildman–Crippen MR) is 223 cm³/mol. The van der Waals surface area contributed by atoms with E-state index in [1.54, 1.807) is 6.82 Å². The number of benzene rings is 5. The number of aliphatic imine (C=N–C) groups is 1. The zero-order chi connectivity index (χ0) is 34.2. The second-order valence-electron chi connectivity index (χ2n) is 12.4. The first-order valence-corrected chi connectivity index (χ1v) is 18.5. The Bertz CT molecular complexity index is 2250. The number of hydrogen-bond acceptors (Lipinski definition) is 1. The van der Waals surface area contributed by atoms with Crippen molar-refractivity contribution in [3.8, 4) is 22.4 Å². The van der Waals surface area contributed by atoms with Gasteiger partial charge >= 0.3 is 7.12 Å². The molecule has 0 N–H and O–H groups in total. The molecule has 1 aromatic heterocycles. The molecule has 6 heteroatoms. The minimum Gasteiger partial charge on any atom is -0.354 e. The van der Waals surface area contributed by atoms with E-state index in [0.717, 1.165) is 85.6 Å². The molecule has 2 heterocycles. The van der Waals surface area contributed by atoms with Crippen molar-refractivity contribution < 1.29 is 4.32 Å². The number of hydrogen-bond donors (Lipinski definition) is 0. The highest BCUT2D eigenvalue weighted by molar-refractivity contribution is 14.1. The van der Waals surface area contributed by atoms with Gasteiger partial charge in [0.2, 0.25) is 0 Å². The third kappa shape index (κ3) is 6.18. The molecule has 0 aliphatic carbocycles. The number of nitrogens with zero attached hydrogens (tertiary/aromatic N) is 2. The molecule has 0 spiro atoms. The van der Waals surface area contributed by atoms with Crippen molar-refractivity contribution in [2.45, 2.75) is 27.6 Å². The van der Waals surface area contributed by atoms with Crippen molar-refractivity contribution in [3.05, 3.63) is 185 Å². The van der Waals surface area contributed by atoms with Crippen LogP contribution in [-0.4, -0.2) is 17.3 Å². The van der Waals surface area contributed by atoms with E-state index in [4.69, 9.17) is 4.99 Å². The quantitative estimate of drug-likeness (QED) is 0.112. The largest absolute Gasteiger partial charge is 0.462 e. The van der Waals surface area contributed by atoms with Crippen LogP contribution in [0, 0.1) is 24.3 Å². The van der Waals surface area contributed by atoms with Gasteiger partial charge < -0.3 is 8.79 Å². The molecular weight excluding hydrogens is 828 g/mol. The molecule has 2 nitrogen and oxygen atoms in total. The summed E-state index contributed by atoms with van der Waals surface area (Å²) in [4.78, 5) is 5.58. The van der Waals surface area contributed by atoms with Crippen LogP contribution >= 0.6 is 45.2 Å². The number of aryl methyl sites for hydroxylation is 3. The first-order valence-electron chi connectivity index (χ1n) is 16.4. The summed E-state index contributed by atoms with van der Waals surface area (Å²) >= 11 is 4.91. The van der Waals surface area contributed by atoms with Crippen LogP contribution in [0.25, 0.3) is 33.5 Å². The molecule has 5 aromatic carbocycles. The van der Waals surface area contributed by atoms with E-state index in [-0.39, 0.29) is 0 Å². The summed E-state index contributed by atoms with van der Waals surface area (Å²) in [6.45, 7) is 8.11. The second-order valence-corrected chi connectivity index (χ2v) is 14.6. The summed E-state index contributed by atoms with van der Waals surface area (Å²) in [6, 6.07) is 45.9. The van der Waals surface area contributed by atoms with Crippen LogP contribution in [0.15, 0.2) is 148 Å². The molecule has 0 saturated heterocycles. The summed E-state index contributed by atoms with van der Waals surface area (Å²) in [5.41, 5.74) is 15.0. The van der Waals surface area contributed by atoms with Gasteiger partial charge in [-0.3, -0.25) is 0 Å². The molecule has 0 radical (unpaired) electrons. The van der Waals surface area contributed by atoms with Crippen molar-refractivity contribution in [2.24, 2.45) is 4.99 Å². The molecule has 0 unspecified atom stereocenters. The highest BCUT2D eigenvalue weighted by Gasteiger charge is 2.36. The van der Waals surface area contributed by atoms with E-state index in [0.29, 0.717) is 0 Å². The van der Waals surface area contributed by atoms with Gasteiger partial charge in [-0.25, -0.2) is 4.99 Å². The predicted octanol–water partition coefficient (Wildman–Crippen LogP) is 12.4. The minimum atomic E-state index is -1.33. The Kier molecular flexibility index (Phi) is 9.62. The molecule has 1 aliphatic rings. The molecule has 1 aliphatic heterocycles. The van der Waals surface area contributed by atoms with Crippen molar-refractivity contribution in [3.63, 3.8) is 0 Å². The average Bonchev–Trinajstić information content (AvgIpc) is 3.61. The summed E-state index contributed by atoms with van der Waals surface area (Å²) in [5, 5.41) is 0. The van der Waals surface area contributed by atoms with E-state index in [2.05, 4.69) is 163 Å². The molecule has 0 saturated carbocycles. The van der Waals surface area contributed by atoms with E-state index >= 15 is 4.32 Å². The first-order chi connectivity index (χ1) is 23.8. The van der Waals surface area contributed by atoms with Crippen molar-refractivity contribution in [2.75, 3.05) is 0 Å². The lowest BCUT2D eigenvalue weighted by atomic mass is 9.83. The van der Waals surface area contributed by atoms with Gasteiger partial charge in [0.1, 0.15) is 0 Å². The lowest BCUT2D eigenvalue weighted by molar-refractivity contribution is 0.798. The van der Waals surface area contributed by atoms with Crippen LogP contribution < -0.4 is 0 Å². The van der Waals surface area contributed by atoms with Gasteiger partial charge in [0.15, 0.2) is 0 Å². The van der Waals surface area contributed by atoms with Gasteiger partial charge in [-0.2, -0.15) is 0 Å². The zero-order valence-electron chi connectivity index (χ0n) is 27.8. The van der Waals surface area contributed by atoms with Gasteiger partial charge in [-0.05, 0) is 106 Å². The van der Waals surface area contributed by atoms with Crippen LogP contribution in [0.5, 0.6) is 0 Å². The Morgan fingerprint density at radius 3 is 1.63 bits per heavy atom. The molecule has 7 rings (SSSR count). The fourth-order valence-electron chi connectivity index (χ4n) is 7.09. The number of aromatic nitrogens is 1. The van der Waals surface area contributed by atoms with Gasteiger partial charge in [0.25, 0.3) is 0 Å². The molecular formula is C43H34BFI2N2. The number of rotatable bonds is 7. The fraction of sp³-hybridized carbons (Fsp3) is 0.0930. The molecule has 240 valence electrons. The second kappa shape index (κ2) is 14.1. The van der Waals surface area contributed by atoms with Crippen LogP contribution in [0.3, 0.4) is 0 Å². The van der Waals surface area contributed by atoms with E-state index in [1.165, 1.54) is 5.56 Å². The van der Waals surface area contributed by atoms with E-state index in [1.807, 2.05) is 40.9 Å². The molecule has 0 fully saturated rings. The Hall–Kier alpha value is -4.02. The van der Waals surface area contributed by atoms with Crippen LogP contribution in [0.2, 0.25) is 6.82 Å². The van der Waals surface area contributed by atoms with Crippen LogP contribution in [0.4, 0.5) is 4.32 Å². The Labute approximate surface area is 316 Å². The van der Waals surface area contributed by atoms with Crippen molar-refractivity contribution in [1.82, 2.24) is 4.48 Å². The third-order valence-electron chi connectivity index (χ3n) is 9.01. The molecule has 0 bridgehead atoms. The summed E-state index contributed by atoms with van der Waals surface area (Å²) < 4.78 is 20.7. The highest BCUT2D eigenvalue weighted by Crippen LogP contribution is 2.50. The standard InChI is InChI=1S/C43H34BFI2N2/c1-27-25-28(2)34(29(3)26-27)37(41-35(30-17-9-5-10-18-30)38(46)40(48-41)32-21-13-7-14-22-32)43-36(31-19-11-6-12-20-31)39(47)42(49(43)44(4)45)33-23-15-8-16-24-33/h5-26H,1-4H3/b41-37-. The normalized spacial score (nSPS) is 13.9. The topological polar surface area (TPSA) is 17.3 Å². The zero-order valence-corrected chi connectivity index (χ0v) is 32.1. The molecule has 49 heavy (non-hydrogen) atoms. The Morgan fingerprint density at radius 1 is 0.653 bits per heavy atom. The minimum absolute atomic E-state index is 0.824. The summed E-state index contributed by atoms with van der Waals surface area (Å²) in [5.74, 6) is 0. The maximum absolute atomic E-state index is 16.7. The fourth-order valence-corrected chi connectivity index (χ4v) is 9.23. The lowest BCUT2D eigenvalue weighted by Gasteiger charge is -2.23. The lowest BCUT2D eigenvalue weighted by Crippen LogP contribution is -2.20. The van der Waals surface area contributed by atoms with Gasteiger partial charge in [-0.1, -0.05) is 139 Å².